The second-order valence-electron chi connectivity index (χ2n) is 5.55. The third-order valence-corrected chi connectivity index (χ3v) is 4.61. The van der Waals surface area contributed by atoms with Crippen molar-refractivity contribution < 1.29 is 4.79 Å². The molecule has 0 spiro atoms. The third-order valence-electron chi connectivity index (χ3n) is 4.17. The summed E-state index contributed by atoms with van der Waals surface area (Å²) in [4.78, 5) is 17.0. The molecule has 0 saturated carbocycles. The number of nitrogens with zero attached hydrogens (tertiary/aromatic N) is 3. The Hall–Kier alpha value is -0.810. The van der Waals surface area contributed by atoms with E-state index in [-0.39, 0.29) is 5.91 Å². The van der Waals surface area contributed by atoms with E-state index in [2.05, 4.69) is 34.7 Å². The van der Waals surface area contributed by atoms with Gasteiger partial charge in [0.2, 0.25) is 0 Å². The van der Waals surface area contributed by atoms with Crippen LogP contribution in [0.3, 0.4) is 0 Å². The highest BCUT2D eigenvalue weighted by Gasteiger charge is 2.28. The summed E-state index contributed by atoms with van der Waals surface area (Å²) < 4.78 is 2.85. The van der Waals surface area contributed by atoms with Crippen molar-refractivity contribution in [2.24, 2.45) is 13.0 Å². The van der Waals surface area contributed by atoms with Crippen molar-refractivity contribution in [1.29, 1.82) is 0 Å². The van der Waals surface area contributed by atoms with Gasteiger partial charge in [-0.25, -0.2) is 0 Å². The van der Waals surface area contributed by atoms with Crippen molar-refractivity contribution in [3.8, 4) is 0 Å². The van der Waals surface area contributed by atoms with Gasteiger partial charge < -0.3 is 14.4 Å². The van der Waals surface area contributed by atoms with E-state index in [1.54, 1.807) is 0 Å². The highest BCUT2D eigenvalue weighted by atomic mass is 79.9. The summed E-state index contributed by atoms with van der Waals surface area (Å²) in [6, 6.07) is 1.90. The molecule has 0 radical (unpaired) electrons. The Balaban J connectivity index is 1.95. The van der Waals surface area contributed by atoms with Gasteiger partial charge >= 0.3 is 0 Å². The number of rotatable bonds is 5. The van der Waals surface area contributed by atoms with Gasteiger partial charge in [0.05, 0.1) is 0 Å². The van der Waals surface area contributed by atoms with Gasteiger partial charge in [0.15, 0.2) is 0 Å². The maximum Gasteiger partial charge on any atom is 0.270 e. The predicted molar refractivity (Wildman–Crippen MR) is 84.9 cm³/mol. The zero-order chi connectivity index (χ0) is 14.7. The first-order chi connectivity index (χ1) is 9.55. The summed E-state index contributed by atoms with van der Waals surface area (Å²) in [5, 5.41) is 0. The van der Waals surface area contributed by atoms with Crippen LogP contribution in [0.1, 0.15) is 30.8 Å². The smallest absolute Gasteiger partial charge is 0.270 e. The molecule has 1 fully saturated rings. The molecule has 0 bridgehead atoms. The molecule has 20 heavy (non-hydrogen) atoms. The average Bonchev–Trinajstić information content (AvgIpc) is 3.01. The molecule has 1 aromatic rings. The molecule has 1 aliphatic rings. The lowest BCUT2D eigenvalue weighted by atomic mass is 10.1. The minimum atomic E-state index is 0.153. The molecule has 5 heteroatoms. The van der Waals surface area contributed by atoms with Crippen molar-refractivity contribution in [1.82, 2.24) is 14.4 Å². The van der Waals surface area contributed by atoms with E-state index in [0.29, 0.717) is 5.92 Å². The number of aromatic nitrogens is 1. The molecule has 1 atom stereocenters. The van der Waals surface area contributed by atoms with Gasteiger partial charge in [-0.3, -0.25) is 4.79 Å². The van der Waals surface area contributed by atoms with Crippen LogP contribution in [0.5, 0.6) is 0 Å². The first-order valence-electron chi connectivity index (χ1n) is 7.38. The standard InChI is InChI=1S/C15H24BrN3O/c1-4-18(5-2)9-12-6-7-19(10-12)15(20)14-8-13(16)11-17(14)3/h8,11-12H,4-7,9-10H2,1-3H3. The Morgan fingerprint density at radius 3 is 2.70 bits per heavy atom. The second kappa shape index (κ2) is 6.76. The fraction of sp³-hybridized carbons (Fsp3) is 0.667. The molecule has 0 aromatic carbocycles. The minimum absolute atomic E-state index is 0.153. The van der Waals surface area contributed by atoms with Crippen LogP contribution in [0, 0.1) is 5.92 Å². The van der Waals surface area contributed by atoms with Gasteiger partial charge in [-0.15, -0.1) is 0 Å². The van der Waals surface area contributed by atoms with E-state index in [4.69, 9.17) is 0 Å². The Morgan fingerprint density at radius 1 is 1.45 bits per heavy atom. The van der Waals surface area contributed by atoms with Crippen LogP contribution in [0.4, 0.5) is 0 Å². The summed E-state index contributed by atoms with van der Waals surface area (Å²) in [5.74, 6) is 0.766. The molecular formula is C15H24BrN3O. The number of hydrogen-bond acceptors (Lipinski definition) is 2. The van der Waals surface area contributed by atoms with Gasteiger partial charge in [0, 0.05) is 37.4 Å². The number of aryl methyl sites for hydroxylation is 1. The minimum Gasteiger partial charge on any atom is -0.345 e. The van der Waals surface area contributed by atoms with E-state index in [0.717, 1.165) is 49.3 Å². The second-order valence-corrected chi connectivity index (χ2v) is 6.46. The summed E-state index contributed by atoms with van der Waals surface area (Å²) in [7, 11) is 1.92. The Bertz CT molecular complexity index is 468. The van der Waals surface area contributed by atoms with Gasteiger partial charge in [0.1, 0.15) is 5.69 Å². The van der Waals surface area contributed by atoms with Crippen molar-refractivity contribution in [3.63, 3.8) is 0 Å². The van der Waals surface area contributed by atoms with Crippen LogP contribution in [0.2, 0.25) is 0 Å². The monoisotopic (exact) mass is 341 g/mol. The van der Waals surface area contributed by atoms with E-state index in [1.165, 1.54) is 0 Å². The largest absolute Gasteiger partial charge is 0.345 e. The molecule has 1 unspecified atom stereocenters. The van der Waals surface area contributed by atoms with Gasteiger partial charge in [-0.1, -0.05) is 13.8 Å². The topological polar surface area (TPSA) is 28.5 Å². The first-order valence-corrected chi connectivity index (χ1v) is 8.17. The van der Waals surface area contributed by atoms with E-state index in [9.17, 15) is 4.79 Å². The number of carbonyl (C=O) groups excluding carboxylic acids is 1. The van der Waals surface area contributed by atoms with Crippen LogP contribution in [-0.4, -0.2) is 53.0 Å². The maximum atomic E-state index is 12.5. The van der Waals surface area contributed by atoms with Crippen molar-refractivity contribution in [3.05, 3.63) is 22.4 Å². The molecule has 1 saturated heterocycles. The molecule has 1 amide bonds. The summed E-state index contributed by atoms with van der Waals surface area (Å²) in [5.41, 5.74) is 0.764. The molecule has 1 aliphatic heterocycles. The lowest BCUT2D eigenvalue weighted by molar-refractivity contribution is 0.0774. The Kier molecular flexibility index (Phi) is 5.27. The lowest BCUT2D eigenvalue weighted by Crippen LogP contribution is -2.33. The normalized spacial score (nSPS) is 19.1. The average molecular weight is 342 g/mol. The van der Waals surface area contributed by atoms with E-state index in [1.807, 2.05) is 28.8 Å². The fourth-order valence-corrected chi connectivity index (χ4v) is 3.44. The molecule has 2 rings (SSSR count). The van der Waals surface area contributed by atoms with E-state index >= 15 is 0 Å². The van der Waals surface area contributed by atoms with Gasteiger partial charge in [0.25, 0.3) is 5.91 Å². The number of amides is 1. The summed E-state index contributed by atoms with van der Waals surface area (Å²) in [6.45, 7) is 9.45. The molecule has 0 aliphatic carbocycles. The summed E-state index contributed by atoms with van der Waals surface area (Å²) in [6.07, 6.45) is 3.05. The van der Waals surface area contributed by atoms with Crippen LogP contribution in [-0.2, 0) is 7.05 Å². The number of carbonyl (C=O) groups is 1. The molecular weight excluding hydrogens is 318 g/mol. The Morgan fingerprint density at radius 2 is 2.15 bits per heavy atom. The summed E-state index contributed by atoms with van der Waals surface area (Å²) >= 11 is 3.42. The van der Waals surface area contributed by atoms with Crippen molar-refractivity contribution in [2.45, 2.75) is 20.3 Å². The highest BCUT2D eigenvalue weighted by molar-refractivity contribution is 9.10. The SMILES string of the molecule is CCN(CC)CC1CCN(C(=O)c2cc(Br)cn2C)C1. The zero-order valence-electron chi connectivity index (χ0n) is 12.6. The van der Waals surface area contributed by atoms with Crippen molar-refractivity contribution in [2.75, 3.05) is 32.7 Å². The van der Waals surface area contributed by atoms with E-state index < -0.39 is 0 Å². The van der Waals surface area contributed by atoms with Gasteiger partial charge in [-0.05, 0) is 47.4 Å². The zero-order valence-corrected chi connectivity index (χ0v) is 14.2. The quantitative estimate of drug-likeness (QED) is 0.823. The predicted octanol–water partition coefficient (Wildman–Crippen LogP) is 2.59. The maximum absolute atomic E-state index is 12.5. The highest BCUT2D eigenvalue weighted by Crippen LogP contribution is 2.21. The van der Waals surface area contributed by atoms with Crippen LogP contribution >= 0.6 is 15.9 Å². The van der Waals surface area contributed by atoms with Crippen LogP contribution < -0.4 is 0 Å². The first kappa shape index (κ1) is 15.6. The third kappa shape index (κ3) is 3.44. The number of halogens is 1. The molecule has 112 valence electrons. The molecule has 0 N–H and O–H groups in total. The number of likely N-dealkylation sites (tertiary alicyclic amines) is 1. The van der Waals surface area contributed by atoms with Crippen LogP contribution in [0.25, 0.3) is 0 Å². The molecule has 1 aromatic heterocycles. The fourth-order valence-electron chi connectivity index (χ4n) is 2.91. The molecule has 4 nitrogen and oxygen atoms in total. The van der Waals surface area contributed by atoms with Crippen molar-refractivity contribution >= 4 is 21.8 Å². The van der Waals surface area contributed by atoms with Gasteiger partial charge in [-0.2, -0.15) is 0 Å². The van der Waals surface area contributed by atoms with Crippen LogP contribution in [0.15, 0.2) is 16.7 Å². The Labute approximate surface area is 129 Å². The molecule has 2 heterocycles. The number of hydrogen-bond donors (Lipinski definition) is 0. The lowest BCUT2D eigenvalue weighted by Gasteiger charge is -2.22.